The van der Waals surface area contributed by atoms with Crippen LogP contribution in [0.4, 0.5) is 10.5 Å². The highest BCUT2D eigenvalue weighted by Gasteiger charge is 2.41. The van der Waals surface area contributed by atoms with Crippen molar-refractivity contribution in [3.63, 3.8) is 0 Å². The van der Waals surface area contributed by atoms with Crippen molar-refractivity contribution in [3.8, 4) is 0 Å². The summed E-state index contributed by atoms with van der Waals surface area (Å²) in [5, 5.41) is 22.6. The molecule has 0 saturated heterocycles. The zero-order valence-corrected chi connectivity index (χ0v) is 23.9. The summed E-state index contributed by atoms with van der Waals surface area (Å²) < 4.78 is 16.1. The maximum Gasteiger partial charge on any atom is 0.421 e. The van der Waals surface area contributed by atoms with Crippen molar-refractivity contribution in [3.05, 3.63) is 109 Å². The molecule has 2 unspecified atom stereocenters. The van der Waals surface area contributed by atoms with Crippen LogP contribution >= 0.6 is 11.8 Å². The van der Waals surface area contributed by atoms with Gasteiger partial charge in [0.1, 0.15) is 11.8 Å². The number of hydrogen-bond donors (Lipinski definition) is 0. The van der Waals surface area contributed by atoms with Gasteiger partial charge in [0.2, 0.25) is 5.70 Å². The van der Waals surface area contributed by atoms with Crippen LogP contribution in [0.1, 0.15) is 37.8 Å². The normalized spacial score (nSPS) is 20.2. The van der Waals surface area contributed by atoms with Gasteiger partial charge in [0.15, 0.2) is 5.17 Å². The van der Waals surface area contributed by atoms with Gasteiger partial charge in [-0.25, -0.2) is 19.5 Å². The standard InChI is InChI=1S/C28H28N4O9S/c1-17-24(26(33)40-3)25(19-6-8-20(9-7-19)31(35)36)30(28(34)41-23-14-10-21(11-15-23)32(37)38)27(29-17)42-16-18-4-12-22(39-2)13-5-18/h4-10,12,14,22,25H,11,13,15-16H2,1-3H3. The summed E-state index contributed by atoms with van der Waals surface area (Å²) in [6.07, 6.45) is 8.50. The minimum absolute atomic E-state index is 0.00889. The van der Waals surface area contributed by atoms with Gasteiger partial charge in [-0.3, -0.25) is 20.2 Å². The Morgan fingerprint density at radius 3 is 2.38 bits per heavy atom. The van der Waals surface area contributed by atoms with Crippen LogP contribution in [0.5, 0.6) is 0 Å². The molecule has 2 aliphatic carbocycles. The average molecular weight is 597 g/mol. The van der Waals surface area contributed by atoms with E-state index < -0.39 is 28.0 Å². The molecule has 14 heteroatoms. The van der Waals surface area contributed by atoms with E-state index in [1.165, 1.54) is 60.2 Å². The molecule has 13 nitrogen and oxygen atoms in total. The number of methoxy groups -OCH3 is 2. The minimum atomic E-state index is -1.09. The van der Waals surface area contributed by atoms with E-state index in [1.54, 1.807) is 14.0 Å². The lowest BCUT2D eigenvalue weighted by molar-refractivity contribution is -0.428. The average Bonchev–Trinajstić information content (AvgIpc) is 2.99. The van der Waals surface area contributed by atoms with Crippen LogP contribution in [-0.2, 0) is 19.0 Å². The number of aliphatic imine (C=N–C) groups is 1. The monoisotopic (exact) mass is 596 g/mol. The van der Waals surface area contributed by atoms with E-state index in [2.05, 4.69) is 4.99 Å². The van der Waals surface area contributed by atoms with E-state index in [9.17, 15) is 29.8 Å². The smallest absolute Gasteiger partial charge is 0.421 e. The Kier molecular flexibility index (Phi) is 9.70. The van der Waals surface area contributed by atoms with E-state index in [1.807, 2.05) is 18.2 Å². The van der Waals surface area contributed by atoms with Gasteiger partial charge >= 0.3 is 12.1 Å². The van der Waals surface area contributed by atoms with E-state index in [4.69, 9.17) is 14.2 Å². The summed E-state index contributed by atoms with van der Waals surface area (Å²) in [5.74, 6) is -0.103. The van der Waals surface area contributed by atoms with Crippen LogP contribution < -0.4 is 0 Å². The number of thioether (sulfide) groups is 1. The Hall–Kier alpha value is -4.56. The molecule has 0 N–H and O–H groups in total. The molecule has 4 rings (SSSR count). The Labute approximate surface area is 245 Å². The molecule has 1 heterocycles. The molecule has 42 heavy (non-hydrogen) atoms. The summed E-state index contributed by atoms with van der Waals surface area (Å²) in [4.78, 5) is 54.0. The Morgan fingerprint density at radius 2 is 1.83 bits per heavy atom. The van der Waals surface area contributed by atoms with Crippen LogP contribution in [0.2, 0.25) is 0 Å². The van der Waals surface area contributed by atoms with Crippen molar-refractivity contribution in [1.82, 2.24) is 4.90 Å². The van der Waals surface area contributed by atoms with Crippen LogP contribution in [0.25, 0.3) is 0 Å². The molecule has 0 radical (unpaired) electrons. The number of benzene rings is 1. The number of esters is 1. The number of carbonyl (C=O) groups is 2. The lowest BCUT2D eigenvalue weighted by atomic mass is 9.94. The number of nitrogens with zero attached hydrogens (tertiary/aromatic N) is 4. The van der Waals surface area contributed by atoms with Gasteiger partial charge in [0.05, 0.1) is 34.3 Å². The fourth-order valence-corrected chi connectivity index (χ4v) is 5.55. The number of nitro groups is 2. The number of hydrogen-bond acceptors (Lipinski definition) is 11. The van der Waals surface area contributed by atoms with Gasteiger partial charge in [-0.1, -0.05) is 30.0 Å². The summed E-state index contributed by atoms with van der Waals surface area (Å²) >= 11 is 1.25. The van der Waals surface area contributed by atoms with Crippen molar-refractivity contribution in [1.29, 1.82) is 0 Å². The van der Waals surface area contributed by atoms with E-state index >= 15 is 0 Å². The summed E-state index contributed by atoms with van der Waals surface area (Å²) in [7, 11) is 2.83. The van der Waals surface area contributed by atoms with Gasteiger partial charge in [0, 0.05) is 43.9 Å². The predicted molar refractivity (Wildman–Crippen MR) is 154 cm³/mol. The topological polar surface area (TPSA) is 164 Å². The van der Waals surface area contributed by atoms with E-state index in [0.29, 0.717) is 23.4 Å². The SMILES string of the molecule is COC(=O)C1=C(C)N=C(SCC2=CCC(OC)C=C2)N(C(=O)OC2=CC=C([N+](=O)[O-])CC2)C1c1ccc([N+](=O)[O-])cc1. The van der Waals surface area contributed by atoms with Gasteiger partial charge in [-0.2, -0.15) is 0 Å². The first-order valence-corrected chi connectivity index (χ1v) is 13.8. The van der Waals surface area contributed by atoms with Gasteiger partial charge in [-0.05, 0) is 42.7 Å². The summed E-state index contributed by atoms with van der Waals surface area (Å²) in [5.41, 5.74) is 1.55. The van der Waals surface area contributed by atoms with Gasteiger partial charge in [-0.15, -0.1) is 0 Å². The fourth-order valence-electron chi connectivity index (χ4n) is 4.52. The molecule has 220 valence electrons. The lowest BCUT2D eigenvalue weighted by Crippen LogP contribution is -2.43. The van der Waals surface area contributed by atoms with Gasteiger partial charge < -0.3 is 14.2 Å². The highest BCUT2D eigenvalue weighted by Crippen LogP contribution is 2.40. The third-order valence-corrected chi connectivity index (χ3v) is 7.79. The van der Waals surface area contributed by atoms with Crippen molar-refractivity contribution < 1.29 is 33.6 Å². The predicted octanol–water partition coefficient (Wildman–Crippen LogP) is 5.36. The van der Waals surface area contributed by atoms with Crippen LogP contribution in [-0.4, -0.2) is 58.1 Å². The molecule has 0 spiro atoms. The largest absolute Gasteiger partial charge is 0.466 e. The Bertz CT molecular complexity index is 1470. The van der Waals surface area contributed by atoms with Crippen LogP contribution in [0.15, 0.2) is 87.9 Å². The minimum Gasteiger partial charge on any atom is -0.466 e. The van der Waals surface area contributed by atoms with Crippen molar-refractivity contribution >= 4 is 34.7 Å². The summed E-state index contributed by atoms with van der Waals surface area (Å²) in [6.45, 7) is 1.62. The molecule has 1 amide bonds. The lowest BCUT2D eigenvalue weighted by Gasteiger charge is -2.36. The highest BCUT2D eigenvalue weighted by atomic mass is 32.2. The van der Waals surface area contributed by atoms with Crippen LogP contribution in [0, 0.1) is 20.2 Å². The molecule has 0 bridgehead atoms. The molecule has 0 fully saturated rings. The molecule has 1 aromatic carbocycles. The number of ether oxygens (including phenoxy) is 3. The third kappa shape index (κ3) is 6.83. The Morgan fingerprint density at radius 1 is 1.10 bits per heavy atom. The van der Waals surface area contributed by atoms with Crippen molar-refractivity contribution in [2.45, 2.75) is 38.3 Å². The van der Waals surface area contributed by atoms with E-state index in [0.717, 1.165) is 5.57 Å². The number of non-ortho nitro benzene ring substituents is 1. The molecule has 0 aromatic heterocycles. The van der Waals surface area contributed by atoms with E-state index in [-0.39, 0.29) is 46.8 Å². The number of allylic oxidation sites excluding steroid dienone is 6. The maximum absolute atomic E-state index is 13.8. The maximum atomic E-state index is 13.8. The van der Waals surface area contributed by atoms with Crippen molar-refractivity contribution in [2.75, 3.05) is 20.0 Å². The molecule has 3 aliphatic rings. The second-order valence-corrected chi connectivity index (χ2v) is 10.3. The second kappa shape index (κ2) is 13.4. The Balaban J connectivity index is 1.74. The fraction of sp³-hybridized carbons (Fsp3) is 0.321. The van der Waals surface area contributed by atoms with Crippen LogP contribution in [0.3, 0.4) is 0 Å². The number of carbonyl (C=O) groups excluding carboxylic acids is 2. The second-order valence-electron chi connectivity index (χ2n) is 9.36. The first-order chi connectivity index (χ1) is 20.1. The molecular weight excluding hydrogens is 568 g/mol. The number of amidine groups is 1. The molecule has 0 saturated carbocycles. The zero-order chi connectivity index (χ0) is 30.4. The quantitative estimate of drug-likeness (QED) is 0.217. The molecule has 1 aliphatic heterocycles. The molecule has 1 aromatic rings. The first-order valence-electron chi connectivity index (χ1n) is 12.8. The molecular formula is C28H28N4O9S. The number of amides is 1. The first kappa shape index (κ1) is 30.4. The third-order valence-electron chi connectivity index (χ3n) is 6.76. The number of rotatable bonds is 8. The summed E-state index contributed by atoms with van der Waals surface area (Å²) in [6, 6.07) is 4.37. The zero-order valence-electron chi connectivity index (χ0n) is 23.1. The number of nitro benzene ring substituents is 1. The molecule has 2 atom stereocenters. The highest BCUT2D eigenvalue weighted by molar-refractivity contribution is 8.14. The van der Waals surface area contributed by atoms with Crippen molar-refractivity contribution in [2.24, 2.45) is 4.99 Å². The van der Waals surface area contributed by atoms with Gasteiger partial charge in [0.25, 0.3) is 5.69 Å².